The molecule has 7 heteroatoms. The van der Waals surface area contributed by atoms with Gasteiger partial charge in [-0.25, -0.2) is 0 Å². The van der Waals surface area contributed by atoms with E-state index in [9.17, 15) is 9.59 Å². The summed E-state index contributed by atoms with van der Waals surface area (Å²) < 4.78 is 13.0. The lowest BCUT2D eigenvalue weighted by Gasteiger charge is -2.10. The molecule has 0 aliphatic rings. The normalized spacial score (nSPS) is 10.6. The smallest absolute Gasteiger partial charge is 0.308 e. The van der Waals surface area contributed by atoms with Crippen molar-refractivity contribution in [2.75, 3.05) is 19.5 Å². The maximum absolute atomic E-state index is 12.2. The third-order valence-electron chi connectivity index (χ3n) is 3.80. The van der Waals surface area contributed by atoms with Gasteiger partial charge in [0.25, 0.3) is 0 Å². The molecule has 1 heterocycles. The highest BCUT2D eigenvalue weighted by Gasteiger charge is 2.10. The summed E-state index contributed by atoms with van der Waals surface area (Å²) >= 11 is 1.19. The summed E-state index contributed by atoms with van der Waals surface area (Å²) in [5.41, 5.74) is 1.47. The number of thiazole rings is 1. The van der Waals surface area contributed by atoms with E-state index in [1.165, 1.54) is 18.4 Å². The molecule has 0 spiro atoms. The maximum Gasteiger partial charge on any atom is 0.308 e. The number of nitrogens with one attached hydrogen (secondary N) is 1. The Balaban J connectivity index is 1.69. The van der Waals surface area contributed by atoms with Crippen LogP contribution in [0.3, 0.4) is 0 Å². The number of hydrogen-bond donors (Lipinski definition) is 1. The lowest BCUT2D eigenvalue weighted by molar-refractivity contribution is -0.116. The van der Waals surface area contributed by atoms with Crippen LogP contribution in [0.15, 0.2) is 47.3 Å². The molecule has 2 aromatic carbocycles. The molecular formula is C18H18N2O4S. The van der Waals surface area contributed by atoms with Crippen LogP contribution in [0.4, 0.5) is 5.69 Å². The van der Waals surface area contributed by atoms with Gasteiger partial charge in [0.2, 0.25) is 5.91 Å². The van der Waals surface area contributed by atoms with Gasteiger partial charge < -0.3 is 14.8 Å². The van der Waals surface area contributed by atoms with Gasteiger partial charge in [-0.05, 0) is 24.3 Å². The number of aryl methyl sites for hydroxylation is 1. The van der Waals surface area contributed by atoms with Gasteiger partial charge in [-0.2, -0.15) is 0 Å². The summed E-state index contributed by atoms with van der Waals surface area (Å²) in [6.07, 6.45) is 0.203. The number of carbonyl (C=O) groups excluding carboxylic acids is 1. The molecule has 0 bridgehead atoms. The van der Waals surface area contributed by atoms with Crippen LogP contribution < -0.4 is 19.7 Å². The minimum absolute atomic E-state index is 0.0554. The van der Waals surface area contributed by atoms with Crippen molar-refractivity contribution in [3.63, 3.8) is 0 Å². The van der Waals surface area contributed by atoms with E-state index in [0.29, 0.717) is 23.7 Å². The molecule has 0 fully saturated rings. The number of anilines is 1. The first-order valence-electron chi connectivity index (χ1n) is 7.72. The predicted molar refractivity (Wildman–Crippen MR) is 98.9 cm³/mol. The third kappa shape index (κ3) is 3.66. The first-order valence-corrected chi connectivity index (χ1v) is 8.54. The van der Waals surface area contributed by atoms with Crippen molar-refractivity contribution >= 4 is 33.1 Å². The molecule has 1 amide bonds. The quantitative estimate of drug-likeness (QED) is 0.735. The molecule has 3 rings (SSSR count). The molecule has 0 atom stereocenters. The Labute approximate surface area is 148 Å². The van der Waals surface area contributed by atoms with Crippen LogP contribution in [0.1, 0.15) is 6.42 Å². The molecule has 1 N–H and O–H groups in total. The van der Waals surface area contributed by atoms with E-state index in [4.69, 9.17) is 9.47 Å². The van der Waals surface area contributed by atoms with E-state index in [0.717, 1.165) is 10.2 Å². The maximum atomic E-state index is 12.2. The fourth-order valence-electron chi connectivity index (χ4n) is 2.58. The second kappa shape index (κ2) is 7.40. The van der Waals surface area contributed by atoms with Crippen molar-refractivity contribution in [3.05, 3.63) is 52.1 Å². The van der Waals surface area contributed by atoms with Crippen molar-refractivity contribution < 1.29 is 14.3 Å². The van der Waals surface area contributed by atoms with Gasteiger partial charge in [-0.1, -0.05) is 23.5 Å². The van der Waals surface area contributed by atoms with Gasteiger partial charge in [-0.15, -0.1) is 0 Å². The van der Waals surface area contributed by atoms with Crippen molar-refractivity contribution in [1.82, 2.24) is 4.57 Å². The highest BCUT2D eigenvalue weighted by atomic mass is 32.1. The van der Waals surface area contributed by atoms with E-state index in [1.54, 1.807) is 29.9 Å². The number of hydrogen-bond acceptors (Lipinski definition) is 5. The molecule has 0 saturated heterocycles. The number of methoxy groups -OCH3 is 2. The van der Waals surface area contributed by atoms with Crippen LogP contribution in [0.2, 0.25) is 0 Å². The Bertz CT molecular complexity index is 961. The van der Waals surface area contributed by atoms with E-state index >= 15 is 0 Å². The highest BCUT2D eigenvalue weighted by Crippen LogP contribution is 2.29. The lowest BCUT2D eigenvalue weighted by atomic mass is 10.2. The molecule has 25 heavy (non-hydrogen) atoms. The Morgan fingerprint density at radius 2 is 1.88 bits per heavy atom. The molecule has 0 unspecified atom stereocenters. The number of ether oxygens (including phenoxy) is 2. The average Bonchev–Trinajstić information content (AvgIpc) is 2.95. The SMILES string of the molecule is COc1ccc(NC(=O)CCn2c(=O)sc3ccccc32)cc1OC. The summed E-state index contributed by atoms with van der Waals surface area (Å²) in [6, 6.07) is 12.7. The molecule has 0 saturated carbocycles. The molecule has 0 radical (unpaired) electrons. The number of nitrogens with zero attached hydrogens (tertiary/aromatic N) is 1. The minimum Gasteiger partial charge on any atom is -0.493 e. The number of rotatable bonds is 6. The highest BCUT2D eigenvalue weighted by molar-refractivity contribution is 7.16. The monoisotopic (exact) mass is 358 g/mol. The molecule has 0 aliphatic heterocycles. The van der Waals surface area contributed by atoms with Crippen LogP contribution in [0.25, 0.3) is 10.2 Å². The fraction of sp³-hybridized carbons (Fsp3) is 0.222. The molecular weight excluding hydrogens is 340 g/mol. The van der Waals surface area contributed by atoms with Crippen LogP contribution in [-0.4, -0.2) is 24.7 Å². The van der Waals surface area contributed by atoms with Crippen LogP contribution in [-0.2, 0) is 11.3 Å². The number of fused-ring (bicyclic) bond motifs is 1. The van der Waals surface area contributed by atoms with Crippen LogP contribution in [0.5, 0.6) is 11.5 Å². The standard InChI is InChI=1S/C18H18N2O4S/c1-23-14-8-7-12(11-15(14)24-2)19-17(21)9-10-20-13-5-3-4-6-16(13)25-18(20)22/h3-8,11H,9-10H2,1-2H3,(H,19,21). The van der Waals surface area contributed by atoms with Gasteiger partial charge in [0.15, 0.2) is 11.5 Å². The summed E-state index contributed by atoms with van der Waals surface area (Å²) in [5.74, 6) is 0.964. The Morgan fingerprint density at radius 3 is 2.64 bits per heavy atom. The second-order valence-electron chi connectivity index (χ2n) is 5.36. The predicted octanol–water partition coefficient (Wildman–Crippen LogP) is 3.11. The molecule has 6 nitrogen and oxygen atoms in total. The zero-order valence-electron chi connectivity index (χ0n) is 13.9. The zero-order valence-corrected chi connectivity index (χ0v) is 14.8. The number of benzene rings is 2. The van der Waals surface area contributed by atoms with Gasteiger partial charge >= 0.3 is 4.87 Å². The van der Waals surface area contributed by atoms with Crippen molar-refractivity contribution in [3.8, 4) is 11.5 Å². The fourth-order valence-corrected chi connectivity index (χ4v) is 3.49. The third-order valence-corrected chi connectivity index (χ3v) is 4.76. The van der Waals surface area contributed by atoms with Crippen molar-refractivity contribution in [2.24, 2.45) is 0 Å². The Kier molecular flexibility index (Phi) is 5.04. The van der Waals surface area contributed by atoms with Gasteiger partial charge in [0, 0.05) is 24.7 Å². The molecule has 1 aromatic heterocycles. The summed E-state index contributed by atoms with van der Waals surface area (Å²) in [5, 5.41) is 2.81. The van der Waals surface area contributed by atoms with Crippen LogP contribution >= 0.6 is 11.3 Å². The summed E-state index contributed by atoms with van der Waals surface area (Å²) in [6.45, 7) is 0.335. The van der Waals surface area contributed by atoms with Gasteiger partial charge in [-0.3, -0.25) is 14.2 Å². The Hall–Kier alpha value is -2.80. The summed E-state index contributed by atoms with van der Waals surface area (Å²) in [7, 11) is 3.09. The van der Waals surface area contributed by atoms with E-state index in [2.05, 4.69) is 5.32 Å². The molecule has 0 aliphatic carbocycles. The topological polar surface area (TPSA) is 69.6 Å². The first kappa shape index (κ1) is 17.0. The minimum atomic E-state index is -0.172. The largest absolute Gasteiger partial charge is 0.493 e. The number of carbonyl (C=O) groups is 1. The number of para-hydroxylation sites is 1. The van der Waals surface area contributed by atoms with Gasteiger partial charge in [0.1, 0.15) is 0 Å². The number of aromatic nitrogens is 1. The molecule has 130 valence electrons. The van der Waals surface area contributed by atoms with E-state index < -0.39 is 0 Å². The average molecular weight is 358 g/mol. The first-order chi connectivity index (χ1) is 12.1. The van der Waals surface area contributed by atoms with E-state index in [-0.39, 0.29) is 17.2 Å². The second-order valence-corrected chi connectivity index (χ2v) is 6.35. The van der Waals surface area contributed by atoms with Crippen LogP contribution in [0, 0.1) is 0 Å². The number of amides is 1. The summed E-state index contributed by atoms with van der Waals surface area (Å²) in [4.78, 5) is 24.2. The van der Waals surface area contributed by atoms with E-state index in [1.807, 2.05) is 24.3 Å². The molecule has 3 aromatic rings. The lowest BCUT2D eigenvalue weighted by Crippen LogP contribution is -2.19. The Morgan fingerprint density at radius 1 is 1.12 bits per heavy atom. The van der Waals surface area contributed by atoms with Crippen molar-refractivity contribution in [1.29, 1.82) is 0 Å². The zero-order chi connectivity index (χ0) is 17.8. The van der Waals surface area contributed by atoms with Gasteiger partial charge in [0.05, 0.1) is 24.4 Å². The van der Waals surface area contributed by atoms with Crippen molar-refractivity contribution in [2.45, 2.75) is 13.0 Å².